The van der Waals surface area contributed by atoms with Gasteiger partial charge in [-0.1, -0.05) is 39.5 Å². The van der Waals surface area contributed by atoms with Crippen molar-refractivity contribution in [2.75, 3.05) is 0 Å². The Kier molecular flexibility index (Phi) is 7.54. The minimum Gasteiger partial charge on any atom is -0.303 e. The van der Waals surface area contributed by atoms with Crippen molar-refractivity contribution in [1.82, 2.24) is 0 Å². The zero-order valence-corrected chi connectivity index (χ0v) is 7.81. The predicted molar refractivity (Wildman–Crippen MR) is 48.6 cm³/mol. The van der Waals surface area contributed by atoms with Gasteiger partial charge in [0.1, 0.15) is 6.29 Å². The minimum atomic E-state index is 0.339. The Bertz CT molecular complexity index is 88.9. The largest absolute Gasteiger partial charge is 0.303 e. The van der Waals surface area contributed by atoms with E-state index in [1.165, 1.54) is 19.3 Å². The summed E-state index contributed by atoms with van der Waals surface area (Å²) in [7, 11) is 0. The monoisotopic (exact) mass is 156 g/mol. The average molecular weight is 156 g/mol. The van der Waals surface area contributed by atoms with Gasteiger partial charge >= 0.3 is 0 Å². The zero-order chi connectivity index (χ0) is 8.53. The molecule has 0 aromatic rings. The molecule has 0 saturated heterocycles. The van der Waals surface area contributed by atoms with E-state index < -0.39 is 0 Å². The molecule has 0 bridgehead atoms. The van der Waals surface area contributed by atoms with Crippen LogP contribution in [0.15, 0.2) is 0 Å². The van der Waals surface area contributed by atoms with E-state index in [0.29, 0.717) is 5.92 Å². The molecule has 66 valence electrons. The van der Waals surface area contributed by atoms with Crippen LogP contribution in [-0.4, -0.2) is 6.29 Å². The van der Waals surface area contributed by atoms with Crippen LogP contribution in [0, 0.1) is 5.92 Å². The lowest BCUT2D eigenvalue weighted by Crippen LogP contribution is -2.00. The van der Waals surface area contributed by atoms with E-state index in [9.17, 15) is 4.79 Å². The smallest absolute Gasteiger partial charge is 0.123 e. The SMILES string of the molecule is CCCCC[C@H](C=O)CCC. The van der Waals surface area contributed by atoms with Crippen molar-refractivity contribution in [3.63, 3.8) is 0 Å². The van der Waals surface area contributed by atoms with Gasteiger partial charge in [-0.3, -0.25) is 0 Å². The first-order valence-corrected chi connectivity index (χ1v) is 4.80. The van der Waals surface area contributed by atoms with Crippen molar-refractivity contribution in [1.29, 1.82) is 0 Å². The maximum atomic E-state index is 10.5. The van der Waals surface area contributed by atoms with Gasteiger partial charge in [0.2, 0.25) is 0 Å². The second-order valence-corrected chi connectivity index (χ2v) is 3.18. The molecule has 0 saturated carbocycles. The Morgan fingerprint density at radius 2 is 1.82 bits per heavy atom. The Morgan fingerprint density at radius 1 is 1.09 bits per heavy atom. The molecule has 1 heteroatoms. The van der Waals surface area contributed by atoms with Gasteiger partial charge in [0.15, 0.2) is 0 Å². The van der Waals surface area contributed by atoms with Crippen LogP contribution in [0.5, 0.6) is 0 Å². The molecule has 0 aromatic carbocycles. The Morgan fingerprint density at radius 3 is 2.27 bits per heavy atom. The van der Waals surface area contributed by atoms with Crippen LogP contribution in [0.1, 0.15) is 52.4 Å². The van der Waals surface area contributed by atoms with Crippen molar-refractivity contribution in [2.45, 2.75) is 52.4 Å². The summed E-state index contributed by atoms with van der Waals surface area (Å²) in [6.07, 6.45) is 8.18. The first-order valence-electron chi connectivity index (χ1n) is 4.80. The third-order valence-electron chi connectivity index (χ3n) is 2.03. The first-order chi connectivity index (χ1) is 5.35. The summed E-state index contributed by atoms with van der Waals surface area (Å²) >= 11 is 0. The van der Waals surface area contributed by atoms with E-state index in [4.69, 9.17) is 0 Å². The van der Waals surface area contributed by atoms with Gasteiger partial charge in [-0.2, -0.15) is 0 Å². The summed E-state index contributed by atoms with van der Waals surface area (Å²) in [5.41, 5.74) is 0. The molecule has 0 aliphatic rings. The zero-order valence-electron chi connectivity index (χ0n) is 7.81. The number of hydrogen-bond acceptors (Lipinski definition) is 1. The summed E-state index contributed by atoms with van der Waals surface area (Å²) in [6.45, 7) is 4.33. The summed E-state index contributed by atoms with van der Waals surface area (Å²) < 4.78 is 0. The molecule has 0 fully saturated rings. The van der Waals surface area contributed by atoms with E-state index in [0.717, 1.165) is 25.5 Å². The van der Waals surface area contributed by atoms with E-state index in [2.05, 4.69) is 13.8 Å². The van der Waals surface area contributed by atoms with Crippen LogP contribution in [0.4, 0.5) is 0 Å². The number of carbonyl (C=O) groups excluding carboxylic acids is 1. The van der Waals surface area contributed by atoms with Crippen LogP contribution in [0.2, 0.25) is 0 Å². The summed E-state index contributed by atoms with van der Waals surface area (Å²) in [4.78, 5) is 10.5. The van der Waals surface area contributed by atoms with Crippen LogP contribution in [0.25, 0.3) is 0 Å². The molecule has 0 rings (SSSR count). The molecular weight excluding hydrogens is 136 g/mol. The second-order valence-electron chi connectivity index (χ2n) is 3.18. The normalized spacial score (nSPS) is 12.9. The molecular formula is C10H20O. The number of carbonyl (C=O) groups is 1. The molecule has 0 aliphatic heterocycles. The van der Waals surface area contributed by atoms with Gasteiger partial charge in [-0.25, -0.2) is 0 Å². The first kappa shape index (κ1) is 10.7. The standard InChI is InChI=1S/C10H20O/c1-3-5-6-8-10(9-11)7-4-2/h9-10H,3-8H2,1-2H3/t10-/m1/s1. The van der Waals surface area contributed by atoms with E-state index in [-0.39, 0.29) is 0 Å². The lowest BCUT2D eigenvalue weighted by atomic mass is 9.98. The average Bonchev–Trinajstić information content (AvgIpc) is 2.03. The topological polar surface area (TPSA) is 17.1 Å². The lowest BCUT2D eigenvalue weighted by Gasteiger charge is -2.06. The highest BCUT2D eigenvalue weighted by atomic mass is 16.1. The fraction of sp³-hybridized carbons (Fsp3) is 0.900. The molecule has 1 nitrogen and oxygen atoms in total. The fourth-order valence-corrected chi connectivity index (χ4v) is 1.31. The molecule has 0 spiro atoms. The van der Waals surface area contributed by atoms with Crippen LogP contribution < -0.4 is 0 Å². The fourth-order valence-electron chi connectivity index (χ4n) is 1.31. The van der Waals surface area contributed by atoms with Gasteiger partial charge in [0.25, 0.3) is 0 Å². The van der Waals surface area contributed by atoms with E-state index >= 15 is 0 Å². The molecule has 0 radical (unpaired) electrons. The third kappa shape index (κ3) is 6.08. The molecule has 11 heavy (non-hydrogen) atoms. The van der Waals surface area contributed by atoms with Gasteiger partial charge < -0.3 is 4.79 Å². The molecule has 0 aromatic heterocycles. The maximum Gasteiger partial charge on any atom is 0.123 e. The van der Waals surface area contributed by atoms with Crippen LogP contribution in [0.3, 0.4) is 0 Å². The van der Waals surface area contributed by atoms with Crippen molar-refractivity contribution in [3.8, 4) is 0 Å². The maximum absolute atomic E-state index is 10.5. The number of rotatable bonds is 7. The minimum absolute atomic E-state index is 0.339. The van der Waals surface area contributed by atoms with Crippen molar-refractivity contribution in [3.05, 3.63) is 0 Å². The Balaban J connectivity index is 3.28. The Labute approximate surface area is 70.2 Å². The second kappa shape index (κ2) is 7.77. The van der Waals surface area contributed by atoms with Crippen LogP contribution >= 0.6 is 0 Å². The van der Waals surface area contributed by atoms with E-state index in [1.54, 1.807) is 0 Å². The highest BCUT2D eigenvalue weighted by Crippen LogP contribution is 2.12. The third-order valence-corrected chi connectivity index (χ3v) is 2.03. The van der Waals surface area contributed by atoms with Gasteiger partial charge in [-0.15, -0.1) is 0 Å². The lowest BCUT2D eigenvalue weighted by molar-refractivity contribution is -0.111. The molecule has 0 aliphatic carbocycles. The quantitative estimate of drug-likeness (QED) is 0.408. The van der Waals surface area contributed by atoms with Gasteiger partial charge in [-0.05, 0) is 12.8 Å². The Hall–Kier alpha value is -0.330. The van der Waals surface area contributed by atoms with Crippen molar-refractivity contribution < 1.29 is 4.79 Å². The predicted octanol–water partition coefficient (Wildman–Crippen LogP) is 3.18. The molecule has 0 heterocycles. The summed E-state index contributed by atoms with van der Waals surface area (Å²) in [5, 5.41) is 0. The van der Waals surface area contributed by atoms with Crippen molar-refractivity contribution in [2.24, 2.45) is 5.92 Å². The van der Waals surface area contributed by atoms with Crippen molar-refractivity contribution >= 4 is 6.29 Å². The number of hydrogen-bond donors (Lipinski definition) is 0. The highest BCUT2D eigenvalue weighted by molar-refractivity contribution is 5.53. The number of unbranched alkanes of at least 4 members (excludes halogenated alkanes) is 2. The van der Waals surface area contributed by atoms with Gasteiger partial charge in [0, 0.05) is 5.92 Å². The van der Waals surface area contributed by atoms with Gasteiger partial charge in [0.05, 0.1) is 0 Å². The highest BCUT2D eigenvalue weighted by Gasteiger charge is 2.04. The molecule has 0 unspecified atom stereocenters. The number of aldehydes is 1. The van der Waals surface area contributed by atoms with Crippen LogP contribution in [-0.2, 0) is 4.79 Å². The molecule has 1 atom stereocenters. The summed E-state index contributed by atoms with van der Waals surface area (Å²) in [5.74, 6) is 0.339. The van der Waals surface area contributed by atoms with E-state index in [1.807, 2.05) is 0 Å². The molecule has 0 amide bonds. The summed E-state index contributed by atoms with van der Waals surface area (Å²) in [6, 6.07) is 0. The molecule has 0 N–H and O–H groups in total.